The monoisotopic (exact) mass is 258 g/mol. The van der Waals surface area contributed by atoms with Crippen LogP contribution in [0.2, 0.25) is 0 Å². The molecule has 0 aromatic heterocycles. The molecular weight excluding hydrogens is 239 g/mol. The second kappa shape index (κ2) is 4.46. The zero-order valence-corrected chi connectivity index (χ0v) is 11.5. The lowest BCUT2D eigenvalue weighted by molar-refractivity contribution is -0.139. The Hall–Kier alpha value is -1.13. The van der Waals surface area contributed by atoms with E-state index in [9.17, 15) is 4.79 Å². The molecule has 1 aliphatic heterocycles. The van der Waals surface area contributed by atoms with Gasteiger partial charge in [-0.2, -0.15) is 0 Å². The molecule has 1 heterocycles. The minimum Gasteiger partial charge on any atom is -0.399 e. The largest absolute Gasteiger partial charge is 0.495 e. The molecule has 3 nitrogen and oxygen atoms in total. The van der Waals surface area contributed by atoms with Gasteiger partial charge in [0.15, 0.2) is 5.78 Å². The van der Waals surface area contributed by atoms with Gasteiger partial charge in [0.25, 0.3) is 0 Å². The highest BCUT2D eigenvalue weighted by atomic mass is 16.7. The predicted molar refractivity (Wildman–Crippen MR) is 74.3 cm³/mol. The van der Waals surface area contributed by atoms with E-state index in [0.29, 0.717) is 6.42 Å². The lowest BCUT2D eigenvalue weighted by atomic mass is 9.79. The average Bonchev–Trinajstić information content (AvgIpc) is 2.90. The number of hydrogen-bond acceptors (Lipinski definition) is 3. The zero-order chi connectivity index (χ0) is 13.5. The van der Waals surface area contributed by atoms with E-state index in [1.54, 1.807) is 0 Å². The van der Waals surface area contributed by atoms with E-state index in [2.05, 4.69) is 0 Å². The highest BCUT2D eigenvalue weighted by Crippen LogP contribution is 2.50. The van der Waals surface area contributed by atoms with Gasteiger partial charge in [0, 0.05) is 6.42 Å². The Bertz CT molecular complexity index is 489. The van der Waals surface area contributed by atoms with E-state index in [-0.39, 0.29) is 5.78 Å². The van der Waals surface area contributed by atoms with Gasteiger partial charge >= 0.3 is 7.12 Å². The minimum absolute atomic E-state index is 0.172. The van der Waals surface area contributed by atoms with Crippen LogP contribution in [0.5, 0.6) is 0 Å². The quantitative estimate of drug-likeness (QED) is 0.779. The van der Waals surface area contributed by atoms with E-state index in [1.807, 2.05) is 44.2 Å². The van der Waals surface area contributed by atoms with Gasteiger partial charge in [-0.25, -0.2) is 0 Å². The van der Waals surface area contributed by atoms with Crippen LogP contribution in [0.1, 0.15) is 39.5 Å². The normalized spacial score (nSPS) is 33.5. The first-order valence-electron chi connectivity index (χ1n) is 7.05. The molecule has 0 bridgehead atoms. The summed E-state index contributed by atoms with van der Waals surface area (Å²) >= 11 is 0. The molecule has 0 spiro atoms. The summed E-state index contributed by atoms with van der Waals surface area (Å²) in [7, 11) is -0.415. The van der Waals surface area contributed by atoms with E-state index in [0.717, 1.165) is 24.7 Å². The Labute approximate surface area is 114 Å². The van der Waals surface area contributed by atoms with Crippen LogP contribution in [0.15, 0.2) is 30.3 Å². The Balaban J connectivity index is 1.95. The van der Waals surface area contributed by atoms with Gasteiger partial charge in [0.05, 0.1) is 5.60 Å². The molecule has 0 N–H and O–H groups in total. The van der Waals surface area contributed by atoms with Gasteiger partial charge in [-0.15, -0.1) is 0 Å². The second-order valence-corrected chi connectivity index (χ2v) is 5.67. The SMILES string of the molecule is CCC(=O)[C@@]12CCC[C@]1(C)OB(c1ccccc1)O2. The molecule has 0 radical (unpaired) electrons. The number of carbonyl (C=O) groups excluding carboxylic acids is 1. The van der Waals surface area contributed by atoms with Crippen molar-refractivity contribution >= 4 is 18.4 Å². The minimum atomic E-state index is -0.734. The Morgan fingerprint density at radius 3 is 2.68 bits per heavy atom. The fourth-order valence-corrected chi connectivity index (χ4v) is 3.45. The topological polar surface area (TPSA) is 35.5 Å². The van der Waals surface area contributed by atoms with Crippen molar-refractivity contribution in [1.82, 2.24) is 0 Å². The lowest BCUT2D eigenvalue weighted by Crippen LogP contribution is -2.51. The van der Waals surface area contributed by atoms with Gasteiger partial charge in [0.1, 0.15) is 5.60 Å². The Kier molecular flexibility index (Phi) is 3.03. The van der Waals surface area contributed by atoms with Crippen LogP contribution in [0.4, 0.5) is 0 Å². The standard InChI is InChI=1S/C15H19BO3/c1-3-13(17)15-11-7-10-14(15,2)18-16(19-15)12-8-5-4-6-9-12/h4-6,8-9H,3,7,10-11H2,1-2H3/t14-,15-/m0/s1. The van der Waals surface area contributed by atoms with Gasteiger partial charge < -0.3 is 9.31 Å². The second-order valence-electron chi connectivity index (χ2n) is 5.67. The highest BCUT2D eigenvalue weighted by Gasteiger charge is 2.65. The van der Waals surface area contributed by atoms with Crippen molar-refractivity contribution < 1.29 is 14.1 Å². The summed E-state index contributed by atoms with van der Waals surface area (Å²) in [4.78, 5) is 12.4. The van der Waals surface area contributed by atoms with Crippen molar-refractivity contribution in [2.75, 3.05) is 0 Å². The highest BCUT2D eigenvalue weighted by molar-refractivity contribution is 6.62. The molecule has 1 saturated carbocycles. The fourth-order valence-electron chi connectivity index (χ4n) is 3.45. The van der Waals surface area contributed by atoms with Crippen molar-refractivity contribution in [2.45, 2.75) is 50.7 Å². The number of rotatable bonds is 3. The van der Waals surface area contributed by atoms with E-state index in [1.165, 1.54) is 0 Å². The van der Waals surface area contributed by atoms with Crippen LogP contribution < -0.4 is 5.46 Å². The van der Waals surface area contributed by atoms with Crippen LogP contribution >= 0.6 is 0 Å². The molecule has 1 aromatic carbocycles. The third kappa shape index (κ3) is 1.77. The lowest BCUT2D eigenvalue weighted by Gasteiger charge is -2.34. The number of fused-ring (bicyclic) bond motifs is 1. The van der Waals surface area contributed by atoms with E-state index >= 15 is 0 Å². The molecule has 19 heavy (non-hydrogen) atoms. The van der Waals surface area contributed by atoms with E-state index in [4.69, 9.17) is 9.31 Å². The van der Waals surface area contributed by atoms with E-state index < -0.39 is 18.3 Å². The zero-order valence-electron chi connectivity index (χ0n) is 11.5. The fraction of sp³-hybridized carbons (Fsp3) is 0.533. The maximum atomic E-state index is 12.4. The Morgan fingerprint density at radius 2 is 2.00 bits per heavy atom. The van der Waals surface area contributed by atoms with Crippen LogP contribution in [-0.4, -0.2) is 24.1 Å². The third-order valence-electron chi connectivity index (χ3n) is 4.56. The number of hydrogen-bond donors (Lipinski definition) is 0. The first kappa shape index (κ1) is 12.9. The maximum absolute atomic E-state index is 12.4. The molecule has 0 unspecified atom stereocenters. The molecule has 100 valence electrons. The van der Waals surface area contributed by atoms with Crippen molar-refractivity contribution in [1.29, 1.82) is 0 Å². The molecule has 3 rings (SSSR count). The Morgan fingerprint density at radius 1 is 1.26 bits per heavy atom. The predicted octanol–water partition coefficient (Wildman–Crippen LogP) is 2.09. The summed E-state index contributed by atoms with van der Waals surface area (Å²) in [6.07, 6.45) is 3.16. The summed E-state index contributed by atoms with van der Waals surface area (Å²) in [5.74, 6) is 0.172. The first-order chi connectivity index (χ1) is 9.11. The average molecular weight is 258 g/mol. The maximum Gasteiger partial charge on any atom is 0.495 e. The molecule has 1 saturated heterocycles. The molecule has 1 aromatic rings. The summed E-state index contributed by atoms with van der Waals surface area (Å²) in [5, 5.41) is 0. The number of benzene rings is 1. The van der Waals surface area contributed by atoms with Crippen LogP contribution in [-0.2, 0) is 14.1 Å². The molecular formula is C15H19BO3. The van der Waals surface area contributed by atoms with Crippen LogP contribution in [0.25, 0.3) is 0 Å². The molecule has 4 heteroatoms. The summed E-state index contributed by atoms with van der Waals surface area (Å²) in [6.45, 7) is 3.92. The number of carbonyl (C=O) groups is 1. The third-order valence-corrected chi connectivity index (χ3v) is 4.56. The molecule has 2 aliphatic rings. The van der Waals surface area contributed by atoms with Crippen molar-refractivity contribution in [3.8, 4) is 0 Å². The van der Waals surface area contributed by atoms with Gasteiger partial charge in [-0.3, -0.25) is 4.79 Å². The summed E-state index contributed by atoms with van der Waals surface area (Å²) in [5.41, 5.74) is -0.218. The summed E-state index contributed by atoms with van der Waals surface area (Å²) in [6, 6.07) is 9.87. The summed E-state index contributed by atoms with van der Waals surface area (Å²) < 4.78 is 12.3. The van der Waals surface area contributed by atoms with Gasteiger partial charge in [-0.1, -0.05) is 37.3 Å². The van der Waals surface area contributed by atoms with Crippen LogP contribution in [0.3, 0.4) is 0 Å². The van der Waals surface area contributed by atoms with Crippen LogP contribution in [0, 0.1) is 0 Å². The van der Waals surface area contributed by atoms with Crippen molar-refractivity contribution in [3.05, 3.63) is 30.3 Å². The molecule has 2 fully saturated rings. The molecule has 1 aliphatic carbocycles. The van der Waals surface area contributed by atoms with Crippen molar-refractivity contribution in [2.24, 2.45) is 0 Å². The van der Waals surface area contributed by atoms with Gasteiger partial charge in [-0.05, 0) is 31.6 Å². The smallest absolute Gasteiger partial charge is 0.399 e. The molecule has 2 atom stereocenters. The number of ketones is 1. The van der Waals surface area contributed by atoms with Gasteiger partial charge in [0.2, 0.25) is 0 Å². The first-order valence-corrected chi connectivity index (χ1v) is 7.05. The number of Topliss-reactive ketones (excluding diaryl/α,β-unsaturated/α-hetero) is 1. The molecule has 0 amide bonds. The van der Waals surface area contributed by atoms with Crippen molar-refractivity contribution in [3.63, 3.8) is 0 Å².